The van der Waals surface area contributed by atoms with E-state index in [1.165, 1.54) is 35.5 Å². The van der Waals surface area contributed by atoms with Crippen molar-refractivity contribution in [2.75, 3.05) is 7.11 Å². The van der Waals surface area contributed by atoms with Gasteiger partial charge >= 0.3 is 168 Å². The van der Waals surface area contributed by atoms with Crippen molar-refractivity contribution >= 4 is 25.4 Å². The minimum absolute atomic E-state index is 0.0665. The van der Waals surface area contributed by atoms with Gasteiger partial charge < -0.3 is 0 Å². The fourth-order valence-corrected chi connectivity index (χ4v) is 5.51. The van der Waals surface area contributed by atoms with Gasteiger partial charge in [-0.3, -0.25) is 0 Å². The zero-order valence-electron chi connectivity index (χ0n) is 16.6. The molecule has 4 heteroatoms. The van der Waals surface area contributed by atoms with Gasteiger partial charge in [0.25, 0.3) is 0 Å². The van der Waals surface area contributed by atoms with Gasteiger partial charge in [0.15, 0.2) is 0 Å². The van der Waals surface area contributed by atoms with Crippen molar-refractivity contribution < 1.29 is 9.53 Å². The molecule has 0 spiro atoms. The average Bonchev–Trinajstić information content (AvgIpc) is 2.65. The number of benzene rings is 1. The fourth-order valence-electron chi connectivity index (χ4n) is 3.60. The van der Waals surface area contributed by atoms with E-state index in [2.05, 4.69) is 66.4 Å². The molecular weight excluding hydrogens is 401 g/mol. The summed E-state index contributed by atoms with van der Waals surface area (Å²) >= 11 is 0.0665. The predicted octanol–water partition coefficient (Wildman–Crippen LogP) is 3.56. The molecule has 0 fully saturated rings. The Balaban J connectivity index is 1.86. The topological polar surface area (TPSA) is 39.2 Å². The van der Waals surface area contributed by atoms with Crippen molar-refractivity contribution in [3.63, 3.8) is 0 Å². The third-order valence-electron chi connectivity index (χ3n) is 5.32. The van der Waals surface area contributed by atoms with Crippen LogP contribution in [0.4, 0.5) is 0 Å². The fraction of sp³-hybridized carbons (Fsp3) is 0.391. The van der Waals surface area contributed by atoms with Crippen LogP contribution in [0, 0.1) is 10.7 Å². The summed E-state index contributed by atoms with van der Waals surface area (Å²) in [6, 6.07) is 10.2. The van der Waals surface area contributed by atoms with Crippen molar-refractivity contribution in [1.82, 2.24) is 4.98 Å². The molecule has 1 heterocycles. The second-order valence-corrected chi connectivity index (χ2v) is 9.98. The quantitative estimate of drug-likeness (QED) is 0.419. The minimum atomic E-state index is -0.431. The van der Waals surface area contributed by atoms with E-state index in [0.717, 1.165) is 5.56 Å². The third kappa shape index (κ3) is 4.10. The molecule has 0 radical (unpaired) electrons. The molecule has 0 unspecified atom stereocenters. The Bertz CT molecular complexity index is 918. The van der Waals surface area contributed by atoms with Gasteiger partial charge in [0.05, 0.1) is 0 Å². The maximum atomic E-state index is 11.5. The molecule has 0 amide bonds. The number of carbonyl (C=O) groups excluding carboxylic acids is 1. The van der Waals surface area contributed by atoms with E-state index in [1.807, 2.05) is 6.07 Å². The van der Waals surface area contributed by atoms with Gasteiger partial charge in [0.2, 0.25) is 0 Å². The standard InChI is InChI=1S/C23H25NO2Se/c1-22(2)12-13-23(3,4)20-17(22)7-6-8-19(20)27-14-11-16-9-10-18(24-15-16)21(25)26-5/h6-10,15H,12-13H2,1-5H3. The van der Waals surface area contributed by atoms with E-state index in [9.17, 15) is 4.79 Å². The van der Waals surface area contributed by atoms with Crippen LogP contribution in [0.15, 0.2) is 36.5 Å². The number of esters is 1. The molecule has 0 atom stereocenters. The normalized spacial score (nSPS) is 16.6. The number of fused-ring (bicyclic) bond motifs is 1. The second-order valence-electron chi connectivity index (χ2n) is 8.20. The molecule has 1 aromatic heterocycles. The van der Waals surface area contributed by atoms with Gasteiger partial charge in [-0.25, -0.2) is 0 Å². The van der Waals surface area contributed by atoms with Crippen molar-refractivity contribution in [3.8, 4) is 10.7 Å². The van der Waals surface area contributed by atoms with E-state index >= 15 is 0 Å². The molecule has 0 saturated carbocycles. The first-order valence-electron chi connectivity index (χ1n) is 9.11. The van der Waals surface area contributed by atoms with Crippen LogP contribution >= 0.6 is 0 Å². The molecule has 3 rings (SSSR count). The Morgan fingerprint density at radius 3 is 2.52 bits per heavy atom. The summed E-state index contributed by atoms with van der Waals surface area (Å²) in [5.74, 6) is 2.76. The van der Waals surface area contributed by atoms with Crippen LogP contribution < -0.4 is 4.46 Å². The van der Waals surface area contributed by atoms with E-state index in [0.29, 0.717) is 5.69 Å². The summed E-state index contributed by atoms with van der Waals surface area (Å²) in [6.07, 6.45) is 4.04. The molecule has 1 aliphatic rings. The number of rotatable bonds is 2. The number of hydrogen-bond acceptors (Lipinski definition) is 3. The van der Waals surface area contributed by atoms with Crippen molar-refractivity contribution in [2.24, 2.45) is 0 Å². The first-order valence-corrected chi connectivity index (χ1v) is 10.8. The number of hydrogen-bond donors (Lipinski definition) is 0. The van der Waals surface area contributed by atoms with Crippen molar-refractivity contribution in [1.29, 1.82) is 0 Å². The Morgan fingerprint density at radius 2 is 1.85 bits per heavy atom. The first-order chi connectivity index (χ1) is 12.7. The van der Waals surface area contributed by atoms with E-state index in [4.69, 9.17) is 0 Å². The Morgan fingerprint density at radius 1 is 1.11 bits per heavy atom. The van der Waals surface area contributed by atoms with Gasteiger partial charge in [0.1, 0.15) is 0 Å². The second kappa shape index (κ2) is 7.50. The van der Waals surface area contributed by atoms with Crippen LogP contribution in [0.3, 0.4) is 0 Å². The van der Waals surface area contributed by atoms with Gasteiger partial charge in [-0.1, -0.05) is 0 Å². The number of carbonyl (C=O) groups is 1. The molecule has 2 aromatic rings. The Hall–Kier alpha value is -2.08. The van der Waals surface area contributed by atoms with Crippen LogP contribution in [0.1, 0.15) is 67.7 Å². The predicted molar refractivity (Wildman–Crippen MR) is 110 cm³/mol. The van der Waals surface area contributed by atoms with Crippen LogP contribution in [0.2, 0.25) is 0 Å². The number of ether oxygens (including phenoxy) is 1. The van der Waals surface area contributed by atoms with Crippen molar-refractivity contribution in [2.45, 2.75) is 51.4 Å². The number of pyridine rings is 1. The van der Waals surface area contributed by atoms with Gasteiger partial charge in [-0.15, -0.1) is 0 Å². The zero-order chi connectivity index (χ0) is 19.7. The molecule has 27 heavy (non-hydrogen) atoms. The SMILES string of the molecule is COC(=O)c1ccc(C#C[Se]c2cccc3c2C(C)(C)CCC3(C)C)cn1. The molecule has 0 bridgehead atoms. The number of methoxy groups -OCH3 is 1. The maximum absolute atomic E-state index is 11.5. The molecule has 0 N–H and O–H groups in total. The Labute approximate surface area is 168 Å². The van der Waals surface area contributed by atoms with Gasteiger partial charge in [0, 0.05) is 0 Å². The molecular formula is C23H25NO2Se. The number of nitrogens with zero attached hydrogens (tertiary/aromatic N) is 1. The average molecular weight is 426 g/mol. The first kappa shape index (κ1) is 19.7. The van der Waals surface area contributed by atoms with E-state index in [1.54, 1.807) is 12.3 Å². The summed E-state index contributed by atoms with van der Waals surface area (Å²) in [6.45, 7) is 9.39. The summed E-state index contributed by atoms with van der Waals surface area (Å²) in [7, 11) is 1.35. The van der Waals surface area contributed by atoms with Crippen LogP contribution in [-0.2, 0) is 15.6 Å². The van der Waals surface area contributed by atoms with E-state index in [-0.39, 0.29) is 25.8 Å². The molecule has 0 saturated heterocycles. The molecule has 1 aromatic carbocycles. The molecule has 0 aliphatic heterocycles. The van der Waals surface area contributed by atoms with Crippen LogP contribution in [0.25, 0.3) is 0 Å². The number of aromatic nitrogens is 1. The summed E-state index contributed by atoms with van der Waals surface area (Å²) in [4.78, 5) is 18.9. The summed E-state index contributed by atoms with van der Waals surface area (Å²) < 4.78 is 6.05. The van der Waals surface area contributed by atoms with Crippen LogP contribution in [-0.4, -0.2) is 33.0 Å². The third-order valence-corrected chi connectivity index (χ3v) is 6.92. The Kier molecular flexibility index (Phi) is 5.47. The van der Waals surface area contributed by atoms with Gasteiger partial charge in [-0.2, -0.15) is 0 Å². The zero-order valence-corrected chi connectivity index (χ0v) is 18.3. The monoisotopic (exact) mass is 427 g/mol. The molecule has 1 aliphatic carbocycles. The molecule has 140 valence electrons. The van der Waals surface area contributed by atoms with Crippen LogP contribution in [0.5, 0.6) is 0 Å². The van der Waals surface area contributed by atoms with Gasteiger partial charge in [-0.05, 0) is 0 Å². The summed E-state index contributed by atoms with van der Waals surface area (Å²) in [5, 5.41) is 0. The van der Waals surface area contributed by atoms with Crippen molar-refractivity contribution in [3.05, 3.63) is 58.9 Å². The molecule has 3 nitrogen and oxygen atoms in total. The summed E-state index contributed by atoms with van der Waals surface area (Å²) in [5.41, 5.74) is 4.49. The van der Waals surface area contributed by atoms with E-state index < -0.39 is 5.97 Å².